The standard InChI is InChI=1S/C26H11F2N3O3.C20H9NO5.C6H6F2N2/c27-17-10-19-20(11-18(17)28)31-23(29-19)13-6-7-15-22-16(9-8-14(21(13)22)26(31)34)25(33)30(24(15)32)12-4-2-1-3-5-12;22-17-11-6-8-13-16-14(20(25)26-19(13)24)9-7-12(15(11)16)18(23)21(17)10-4-2-1-3-5-10;7-3-1-5(9)6(10)2-4(3)8/h1-11H;1-9H;1-2H,9-10H2. The van der Waals surface area contributed by atoms with Crippen molar-refractivity contribution < 1.29 is 51.1 Å². The van der Waals surface area contributed by atoms with Gasteiger partial charge in [-0.1, -0.05) is 36.4 Å². The molecule has 18 heteroatoms. The monoisotopic (exact) mass is 938 g/mol. The molecule has 70 heavy (non-hydrogen) atoms. The highest BCUT2D eigenvalue weighted by atomic mass is 19.2. The summed E-state index contributed by atoms with van der Waals surface area (Å²) in [5, 5.41) is 2.18. The van der Waals surface area contributed by atoms with Crippen LogP contribution in [0.1, 0.15) is 62.1 Å². The van der Waals surface area contributed by atoms with Crippen LogP contribution in [0.15, 0.2) is 138 Å². The lowest BCUT2D eigenvalue weighted by atomic mass is 9.87. The summed E-state index contributed by atoms with van der Waals surface area (Å²) in [5.41, 5.74) is 12.8. The van der Waals surface area contributed by atoms with Crippen LogP contribution in [0.3, 0.4) is 0 Å². The number of nitrogens with zero attached hydrogens (tertiary/aromatic N) is 4. The van der Waals surface area contributed by atoms with Gasteiger partial charge in [0.25, 0.3) is 29.2 Å². The number of carbonyl (C=O) groups excluding carboxylic acids is 6. The fourth-order valence-electron chi connectivity index (χ4n) is 9.05. The van der Waals surface area contributed by atoms with Crippen LogP contribution < -0.4 is 26.8 Å². The minimum absolute atomic E-state index is 0.0545. The number of para-hydroxylation sites is 2. The maximum Gasteiger partial charge on any atom is 0.346 e. The molecule has 0 spiro atoms. The van der Waals surface area contributed by atoms with E-state index in [9.17, 15) is 51.1 Å². The van der Waals surface area contributed by atoms with Crippen LogP contribution in [0.5, 0.6) is 0 Å². The van der Waals surface area contributed by atoms with Crippen molar-refractivity contribution in [2.24, 2.45) is 0 Å². The molecule has 2 aromatic heterocycles. The number of hydrogen-bond acceptors (Lipinski definition) is 11. The van der Waals surface area contributed by atoms with Gasteiger partial charge in [0, 0.05) is 78.8 Å². The molecule has 10 aromatic rings. The average molecular weight is 939 g/mol. The highest BCUT2D eigenvalue weighted by Gasteiger charge is 2.39. The number of rotatable bonds is 2. The van der Waals surface area contributed by atoms with E-state index in [1.807, 2.05) is 0 Å². The Morgan fingerprint density at radius 1 is 0.429 bits per heavy atom. The zero-order chi connectivity index (χ0) is 49.0. The van der Waals surface area contributed by atoms with Gasteiger partial charge in [0.05, 0.1) is 44.9 Å². The molecular weight excluding hydrogens is 913 g/mol. The van der Waals surface area contributed by atoms with Crippen molar-refractivity contribution in [3.63, 3.8) is 0 Å². The van der Waals surface area contributed by atoms with Crippen molar-refractivity contribution >= 4 is 107 Å². The van der Waals surface area contributed by atoms with Gasteiger partial charge in [0.2, 0.25) is 0 Å². The molecule has 0 fully saturated rings. The number of ether oxygens (including phenoxy) is 1. The molecule has 3 aliphatic rings. The van der Waals surface area contributed by atoms with E-state index >= 15 is 0 Å². The quantitative estimate of drug-likeness (QED) is 0.0551. The summed E-state index contributed by atoms with van der Waals surface area (Å²) in [6, 6.07) is 33.0. The molecule has 4 amide bonds. The molecular formula is C52H26F4N6O8. The van der Waals surface area contributed by atoms with Gasteiger partial charge in [-0.2, -0.15) is 0 Å². The predicted octanol–water partition coefficient (Wildman–Crippen LogP) is 8.75. The number of carbonyl (C=O) groups is 6. The average Bonchev–Trinajstić information content (AvgIpc) is 3.72. The molecule has 0 atom stereocenters. The van der Waals surface area contributed by atoms with E-state index in [0.717, 1.165) is 34.1 Å². The number of imidazole rings is 1. The number of aromatic nitrogens is 2. The Morgan fingerprint density at radius 3 is 1.30 bits per heavy atom. The third kappa shape index (κ3) is 6.26. The van der Waals surface area contributed by atoms with E-state index in [-0.39, 0.29) is 66.8 Å². The summed E-state index contributed by atoms with van der Waals surface area (Å²) < 4.78 is 58.3. The van der Waals surface area contributed by atoms with Crippen molar-refractivity contribution in [3.8, 4) is 0 Å². The highest BCUT2D eigenvalue weighted by molar-refractivity contribution is 6.40. The van der Waals surface area contributed by atoms with Crippen LogP contribution in [0.2, 0.25) is 0 Å². The number of cyclic esters (lactones) is 2. The predicted molar refractivity (Wildman–Crippen MR) is 249 cm³/mol. The smallest absolute Gasteiger partial charge is 0.346 e. The summed E-state index contributed by atoms with van der Waals surface area (Å²) in [6.07, 6.45) is 0. The molecule has 0 unspecified atom stereocenters. The van der Waals surface area contributed by atoms with E-state index in [1.165, 1.54) is 40.8 Å². The van der Waals surface area contributed by atoms with Gasteiger partial charge in [-0.3, -0.25) is 28.4 Å². The Hall–Kier alpha value is -9.84. The number of halogens is 4. The highest BCUT2D eigenvalue weighted by Crippen LogP contribution is 2.40. The van der Waals surface area contributed by atoms with E-state index in [1.54, 1.807) is 72.8 Å². The Morgan fingerprint density at radius 2 is 0.814 bits per heavy atom. The third-order valence-electron chi connectivity index (χ3n) is 12.2. The molecule has 13 rings (SSSR count). The molecule has 3 aliphatic heterocycles. The molecule has 0 bridgehead atoms. The number of anilines is 4. The second kappa shape index (κ2) is 15.6. The van der Waals surface area contributed by atoms with Crippen molar-refractivity contribution in [3.05, 3.63) is 200 Å². The van der Waals surface area contributed by atoms with E-state index in [4.69, 9.17) is 16.2 Å². The number of fused-ring (bicyclic) bond motifs is 4. The number of nitrogen functional groups attached to an aromatic ring is 2. The molecule has 0 radical (unpaired) electrons. The summed E-state index contributed by atoms with van der Waals surface area (Å²) >= 11 is 0. The number of benzene rings is 8. The van der Waals surface area contributed by atoms with Gasteiger partial charge in [-0.05, 0) is 72.8 Å². The molecule has 8 aromatic carbocycles. The van der Waals surface area contributed by atoms with Gasteiger partial charge in [0.15, 0.2) is 23.3 Å². The molecule has 0 saturated heterocycles. The fourth-order valence-corrected chi connectivity index (χ4v) is 9.05. The van der Waals surface area contributed by atoms with Crippen LogP contribution in [0.25, 0.3) is 49.0 Å². The zero-order valence-corrected chi connectivity index (χ0v) is 35.4. The minimum Gasteiger partial charge on any atom is -0.397 e. The first kappa shape index (κ1) is 42.8. The van der Waals surface area contributed by atoms with Crippen LogP contribution >= 0.6 is 0 Å². The van der Waals surface area contributed by atoms with Gasteiger partial charge in [-0.25, -0.2) is 41.9 Å². The van der Waals surface area contributed by atoms with E-state index in [0.29, 0.717) is 38.3 Å². The van der Waals surface area contributed by atoms with Gasteiger partial charge >= 0.3 is 11.9 Å². The molecule has 14 nitrogen and oxygen atoms in total. The maximum atomic E-state index is 14.0. The van der Waals surface area contributed by atoms with Crippen LogP contribution in [-0.2, 0) is 4.74 Å². The van der Waals surface area contributed by atoms with Gasteiger partial charge < -0.3 is 16.2 Å². The first-order valence-electron chi connectivity index (χ1n) is 20.9. The Bertz CT molecular complexity index is 3970. The molecule has 0 saturated carbocycles. The van der Waals surface area contributed by atoms with Crippen LogP contribution in [0.4, 0.5) is 40.3 Å². The number of imide groups is 2. The molecule has 340 valence electrons. The number of hydrogen-bond donors (Lipinski definition) is 2. The lowest BCUT2D eigenvalue weighted by molar-refractivity contribution is 0.0389. The van der Waals surface area contributed by atoms with Crippen molar-refractivity contribution in [2.45, 2.75) is 0 Å². The Labute approximate surface area is 388 Å². The number of nitrogens with two attached hydrogens (primary N) is 2. The molecule has 4 N–H and O–H groups in total. The summed E-state index contributed by atoms with van der Waals surface area (Å²) in [5.74, 6) is -7.66. The number of esters is 2. The molecule has 0 aliphatic carbocycles. The topological polar surface area (TPSA) is 205 Å². The first-order chi connectivity index (χ1) is 33.6. The van der Waals surface area contributed by atoms with Crippen molar-refractivity contribution in [2.75, 3.05) is 21.3 Å². The lowest BCUT2D eigenvalue weighted by Gasteiger charge is -2.29. The lowest BCUT2D eigenvalue weighted by Crippen LogP contribution is -2.41. The van der Waals surface area contributed by atoms with Gasteiger partial charge in [0.1, 0.15) is 5.65 Å². The minimum atomic E-state index is -1.09. The number of pyridine rings is 1. The SMILES string of the molecule is Nc1cc(F)c(F)cc1N.O=C1OC(=O)c2ccc3c4c(ccc1c24)C(=O)N(c1ccccc1)C3=O.O=C1c2ccc3c(=O)n4c5cc(F)c(F)cc5nc4c4ccc(c2c34)C(=O)N1c1ccccc1. The Kier molecular flexibility index (Phi) is 9.55. The maximum absolute atomic E-state index is 14.0. The van der Waals surface area contributed by atoms with E-state index < -0.39 is 64.4 Å². The largest absolute Gasteiger partial charge is 0.397 e. The van der Waals surface area contributed by atoms with Crippen molar-refractivity contribution in [1.82, 2.24) is 9.38 Å². The number of amides is 4. The van der Waals surface area contributed by atoms with Crippen LogP contribution in [-0.4, -0.2) is 45.0 Å². The summed E-state index contributed by atoms with van der Waals surface area (Å²) in [6.45, 7) is 0. The third-order valence-corrected chi connectivity index (χ3v) is 12.2. The van der Waals surface area contributed by atoms with Crippen LogP contribution in [0, 0.1) is 23.3 Å². The fraction of sp³-hybridized carbons (Fsp3) is 0. The molecule has 5 heterocycles. The second-order valence-electron chi connectivity index (χ2n) is 16.1. The summed E-state index contributed by atoms with van der Waals surface area (Å²) in [4.78, 5) is 97.0. The van der Waals surface area contributed by atoms with Gasteiger partial charge in [-0.15, -0.1) is 0 Å². The second-order valence-corrected chi connectivity index (χ2v) is 16.1. The summed E-state index contributed by atoms with van der Waals surface area (Å²) in [7, 11) is 0. The first-order valence-corrected chi connectivity index (χ1v) is 20.9. The Balaban J connectivity index is 0.000000131. The van der Waals surface area contributed by atoms with Crippen molar-refractivity contribution in [1.29, 1.82) is 0 Å². The normalized spacial score (nSPS) is 13.8. The zero-order valence-electron chi connectivity index (χ0n) is 35.4. The van der Waals surface area contributed by atoms with E-state index in [2.05, 4.69) is 4.98 Å².